The van der Waals surface area contributed by atoms with Gasteiger partial charge < -0.3 is 15.8 Å². The van der Waals surface area contributed by atoms with Gasteiger partial charge in [-0.3, -0.25) is 10.1 Å². The highest BCUT2D eigenvalue weighted by atomic mass is 32.1. The van der Waals surface area contributed by atoms with Gasteiger partial charge in [0.2, 0.25) is 5.91 Å². The van der Waals surface area contributed by atoms with Crippen LogP contribution >= 0.6 is 22.7 Å². The molecule has 0 spiro atoms. The lowest BCUT2D eigenvalue weighted by Crippen LogP contribution is -2.16. The first-order valence-electron chi connectivity index (χ1n) is 7.51. The lowest BCUT2D eigenvalue weighted by molar-refractivity contribution is -0.115. The first-order valence-corrected chi connectivity index (χ1v) is 9.27. The first kappa shape index (κ1) is 17.8. The molecule has 0 aliphatic rings. The van der Waals surface area contributed by atoms with E-state index >= 15 is 0 Å². The minimum atomic E-state index is -0.623. The Balaban J connectivity index is 1.48. The van der Waals surface area contributed by atoms with E-state index in [1.165, 1.54) is 22.7 Å². The van der Waals surface area contributed by atoms with Crippen molar-refractivity contribution in [2.24, 2.45) is 0 Å². The highest BCUT2D eigenvalue weighted by molar-refractivity contribution is 7.14. The number of rotatable bonds is 6. The van der Waals surface area contributed by atoms with Crippen molar-refractivity contribution in [3.05, 3.63) is 51.9 Å². The van der Waals surface area contributed by atoms with Crippen LogP contribution in [0.5, 0.6) is 0 Å². The Bertz CT molecular complexity index is 895. The Morgan fingerprint density at radius 3 is 2.81 bits per heavy atom. The third kappa shape index (κ3) is 5.01. The van der Waals surface area contributed by atoms with Gasteiger partial charge in [-0.1, -0.05) is 12.1 Å². The molecule has 0 radical (unpaired) electrons. The molecule has 2 heterocycles. The fourth-order valence-corrected chi connectivity index (χ4v) is 3.21. The molecule has 8 nitrogen and oxygen atoms in total. The summed E-state index contributed by atoms with van der Waals surface area (Å²) in [6.07, 6.45) is 1.09. The number of thiazole rings is 2. The maximum Gasteiger partial charge on any atom is 0.413 e. The van der Waals surface area contributed by atoms with E-state index in [2.05, 4.69) is 20.6 Å². The van der Waals surface area contributed by atoms with Gasteiger partial charge in [-0.25, -0.2) is 14.8 Å². The Kier molecular flexibility index (Phi) is 5.77. The number of benzene rings is 1. The molecule has 0 saturated carbocycles. The van der Waals surface area contributed by atoms with E-state index in [1.54, 1.807) is 41.2 Å². The van der Waals surface area contributed by atoms with Crippen LogP contribution in [0.25, 0.3) is 0 Å². The summed E-state index contributed by atoms with van der Waals surface area (Å²) in [6, 6.07) is 7.00. The number of para-hydroxylation sites is 2. The summed E-state index contributed by atoms with van der Waals surface area (Å²) < 4.78 is 5.04. The quantitative estimate of drug-likeness (QED) is 0.557. The molecule has 4 N–H and O–H groups in total. The Morgan fingerprint density at radius 1 is 1.19 bits per heavy atom. The number of nitrogen functional groups attached to an aromatic ring is 1. The number of amides is 2. The molecule has 0 atom stereocenters. The van der Waals surface area contributed by atoms with Crippen LogP contribution in [0.4, 0.5) is 21.3 Å². The van der Waals surface area contributed by atoms with Crippen molar-refractivity contribution >= 4 is 51.2 Å². The molecular weight excluding hydrogens is 374 g/mol. The van der Waals surface area contributed by atoms with Crippen LogP contribution in [0, 0.1) is 0 Å². The summed E-state index contributed by atoms with van der Waals surface area (Å²) in [6.45, 7) is 0.0998. The molecule has 0 unspecified atom stereocenters. The van der Waals surface area contributed by atoms with Crippen molar-refractivity contribution in [3.8, 4) is 0 Å². The lowest BCUT2D eigenvalue weighted by atomic mass is 10.2. The van der Waals surface area contributed by atoms with Crippen LogP contribution in [0.3, 0.4) is 0 Å². The van der Waals surface area contributed by atoms with Gasteiger partial charge in [-0.15, -0.1) is 22.7 Å². The summed E-state index contributed by atoms with van der Waals surface area (Å²) in [5, 5.41) is 9.82. The maximum absolute atomic E-state index is 12.1. The molecule has 10 heteroatoms. The summed E-state index contributed by atoms with van der Waals surface area (Å²) in [5.74, 6) is -0.244. The van der Waals surface area contributed by atoms with Gasteiger partial charge >= 0.3 is 6.09 Å². The van der Waals surface area contributed by atoms with E-state index in [4.69, 9.17) is 10.5 Å². The molecule has 1 aromatic carbocycles. The van der Waals surface area contributed by atoms with Crippen molar-refractivity contribution in [1.82, 2.24) is 9.97 Å². The monoisotopic (exact) mass is 389 g/mol. The summed E-state index contributed by atoms with van der Waals surface area (Å²) in [7, 11) is 0. The molecule has 2 amide bonds. The maximum atomic E-state index is 12.1. The molecule has 134 valence electrons. The number of anilines is 3. The largest absolute Gasteiger partial charge is 0.442 e. The second kappa shape index (κ2) is 8.41. The number of carbonyl (C=O) groups excluding carboxylic acids is 2. The summed E-state index contributed by atoms with van der Waals surface area (Å²) in [5.41, 5.74) is 7.37. The van der Waals surface area contributed by atoms with Crippen molar-refractivity contribution < 1.29 is 14.3 Å². The molecular formula is C16H15N5O3S2. The number of nitrogens with zero attached hydrogens (tertiary/aromatic N) is 2. The van der Waals surface area contributed by atoms with Gasteiger partial charge in [0.05, 0.1) is 23.5 Å². The number of nitrogens with two attached hydrogens (primary N) is 1. The number of aromatic nitrogens is 2. The minimum absolute atomic E-state index is 0.0701. The second-order valence-corrected chi connectivity index (χ2v) is 6.92. The van der Waals surface area contributed by atoms with E-state index in [0.717, 1.165) is 0 Å². The average molecular weight is 389 g/mol. The van der Waals surface area contributed by atoms with E-state index in [1.807, 2.05) is 0 Å². The summed E-state index contributed by atoms with van der Waals surface area (Å²) >= 11 is 2.61. The fourth-order valence-electron chi connectivity index (χ4n) is 1.99. The Labute approximate surface area is 157 Å². The van der Waals surface area contributed by atoms with E-state index < -0.39 is 6.09 Å². The zero-order valence-electron chi connectivity index (χ0n) is 13.5. The smallest absolute Gasteiger partial charge is 0.413 e. The molecule has 0 aliphatic heterocycles. The van der Waals surface area contributed by atoms with Gasteiger partial charge in [-0.2, -0.15) is 0 Å². The van der Waals surface area contributed by atoms with Crippen molar-refractivity contribution in [2.75, 3.05) is 16.4 Å². The number of hydrogen-bond donors (Lipinski definition) is 3. The number of carbonyl (C=O) groups is 2. The van der Waals surface area contributed by atoms with Gasteiger partial charge in [0, 0.05) is 17.0 Å². The first-order chi connectivity index (χ1) is 12.6. The van der Waals surface area contributed by atoms with Crippen molar-refractivity contribution in [3.63, 3.8) is 0 Å². The van der Waals surface area contributed by atoms with Crippen LogP contribution in [-0.4, -0.2) is 22.0 Å². The third-order valence-corrected chi connectivity index (χ3v) is 4.71. The molecule has 3 aromatic rings. The highest BCUT2D eigenvalue weighted by Crippen LogP contribution is 2.19. The molecule has 26 heavy (non-hydrogen) atoms. The van der Waals surface area contributed by atoms with E-state index in [-0.39, 0.29) is 18.9 Å². The predicted molar refractivity (Wildman–Crippen MR) is 101 cm³/mol. The van der Waals surface area contributed by atoms with Gasteiger partial charge in [0.15, 0.2) is 5.13 Å². The van der Waals surface area contributed by atoms with Crippen LogP contribution in [-0.2, 0) is 22.6 Å². The van der Waals surface area contributed by atoms with E-state index in [9.17, 15) is 9.59 Å². The molecule has 0 aliphatic carbocycles. The number of nitrogens with one attached hydrogen (secondary N) is 2. The van der Waals surface area contributed by atoms with E-state index in [0.29, 0.717) is 27.2 Å². The zero-order valence-corrected chi connectivity index (χ0v) is 15.1. The van der Waals surface area contributed by atoms with Crippen LogP contribution in [0.2, 0.25) is 0 Å². The molecule has 3 rings (SSSR count). The average Bonchev–Trinajstić information content (AvgIpc) is 3.27. The van der Waals surface area contributed by atoms with Crippen molar-refractivity contribution in [1.29, 1.82) is 0 Å². The number of hydrogen-bond acceptors (Lipinski definition) is 8. The van der Waals surface area contributed by atoms with Crippen LogP contribution in [0.1, 0.15) is 10.7 Å². The standard InChI is InChI=1S/C16H15N5O3S2/c17-11-3-1-2-4-12(11)20-13(22)7-10-9-26-15(19-10)21-16(23)24-8-14-18-5-6-25-14/h1-6,9H,7-8,17H2,(H,20,22)(H,19,21,23). The third-order valence-electron chi connectivity index (χ3n) is 3.15. The number of ether oxygens (including phenoxy) is 1. The minimum Gasteiger partial charge on any atom is -0.442 e. The van der Waals surface area contributed by atoms with Crippen molar-refractivity contribution in [2.45, 2.75) is 13.0 Å². The molecule has 0 bridgehead atoms. The van der Waals surface area contributed by atoms with Gasteiger partial charge in [-0.05, 0) is 12.1 Å². The summed E-state index contributed by atoms with van der Waals surface area (Å²) in [4.78, 5) is 32.0. The van der Waals surface area contributed by atoms with Gasteiger partial charge in [0.1, 0.15) is 11.6 Å². The lowest BCUT2D eigenvalue weighted by Gasteiger charge is -2.06. The normalized spacial score (nSPS) is 10.3. The Hall–Kier alpha value is -2.98. The second-order valence-electron chi connectivity index (χ2n) is 5.08. The fraction of sp³-hybridized carbons (Fsp3) is 0.125. The van der Waals surface area contributed by atoms with Gasteiger partial charge in [0.25, 0.3) is 0 Å². The Morgan fingerprint density at radius 2 is 2.04 bits per heavy atom. The highest BCUT2D eigenvalue weighted by Gasteiger charge is 2.12. The molecule has 0 fully saturated rings. The predicted octanol–water partition coefficient (Wildman–Crippen LogP) is 3.11. The zero-order chi connectivity index (χ0) is 18.4. The topological polar surface area (TPSA) is 119 Å². The SMILES string of the molecule is Nc1ccccc1NC(=O)Cc1csc(NC(=O)OCc2nccs2)n1. The molecule has 2 aromatic heterocycles. The molecule has 0 saturated heterocycles. The van der Waals surface area contributed by atoms with Crippen LogP contribution in [0.15, 0.2) is 41.2 Å². The van der Waals surface area contributed by atoms with Crippen LogP contribution < -0.4 is 16.4 Å².